The number of sulfonamides is 1. The van der Waals surface area contributed by atoms with E-state index < -0.39 is 30.5 Å². The molecule has 1 aliphatic heterocycles. The number of primary sulfonamides is 1. The fourth-order valence-corrected chi connectivity index (χ4v) is 6.93. The van der Waals surface area contributed by atoms with Gasteiger partial charge in [0.2, 0.25) is 25.8 Å². The van der Waals surface area contributed by atoms with Crippen LogP contribution in [0.1, 0.15) is 12.5 Å². The molecule has 1 aliphatic rings. The van der Waals surface area contributed by atoms with Crippen LogP contribution in [0.5, 0.6) is 0 Å². The quantitative estimate of drug-likeness (QED) is 0.786. The third-order valence-corrected chi connectivity index (χ3v) is 8.81. The van der Waals surface area contributed by atoms with Crippen molar-refractivity contribution >= 4 is 37.1 Å². The van der Waals surface area contributed by atoms with Gasteiger partial charge in [-0.05, 0) is 18.6 Å². The van der Waals surface area contributed by atoms with Crippen molar-refractivity contribution in [1.29, 1.82) is 0 Å². The minimum absolute atomic E-state index is 0.0479. The molecule has 10 heteroatoms. The van der Waals surface area contributed by atoms with E-state index in [-0.39, 0.29) is 14.8 Å². The fourth-order valence-electron chi connectivity index (χ4n) is 2.21. The van der Waals surface area contributed by atoms with Crippen LogP contribution in [0.2, 0.25) is 0 Å². The van der Waals surface area contributed by atoms with Gasteiger partial charge in [-0.25, -0.2) is 22.0 Å². The number of hydrogen-bond donors (Lipinski definition) is 1. The van der Waals surface area contributed by atoms with Crippen molar-refractivity contribution < 1.29 is 21.6 Å². The summed E-state index contributed by atoms with van der Waals surface area (Å²) in [5.74, 6) is -0.530. The highest BCUT2D eigenvalue weighted by atomic mass is 32.3. The van der Waals surface area contributed by atoms with Gasteiger partial charge in [0.25, 0.3) is 0 Å². The summed E-state index contributed by atoms with van der Waals surface area (Å²) in [5.41, 5.74) is 0.330. The third-order valence-electron chi connectivity index (χ3n) is 3.25. The molecule has 0 saturated heterocycles. The normalized spacial score (nSPS) is 24.4. The monoisotopic (exact) mass is 338 g/mol. The molecule has 1 aromatic heterocycles. The number of rotatable bonds is 2. The van der Waals surface area contributed by atoms with Crippen LogP contribution in [0.25, 0.3) is 0 Å². The fraction of sp³-hybridized carbons (Fsp3) is 0.500. The average Bonchev–Trinajstić information content (AvgIpc) is 2.77. The van der Waals surface area contributed by atoms with Crippen molar-refractivity contribution in [2.75, 3.05) is 14.1 Å². The molecule has 0 saturated carbocycles. The predicted octanol–water partition coefficient (Wildman–Crippen LogP) is -0.428. The molecule has 0 bridgehead atoms. The second kappa shape index (κ2) is 4.26. The number of nitrogens with two attached hydrogens (primary N) is 1. The Balaban J connectivity index is 2.61. The Kier molecular flexibility index (Phi) is 3.29. The second-order valence-electron chi connectivity index (χ2n) is 5.03. The molecule has 0 aromatic carbocycles. The van der Waals surface area contributed by atoms with Crippen LogP contribution in [0.3, 0.4) is 0 Å². The smallest absolute Gasteiger partial charge is 0.247 e. The van der Waals surface area contributed by atoms with Gasteiger partial charge in [-0.15, -0.1) is 11.3 Å². The molecule has 1 amide bonds. The van der Waals surface area contributed by atoms with E-state index in [4.69, 9.17) is 5.14 Å². The molecule has 0 aliphatic carbocycles. The number of sulfone groups is 1. The number of nitrogens with zero attached hydrogens (tertiary/aromatic N) is 1. The maximum absolute atomic E-state index is 12.5. The molecule has 2 rings (SSSR count). The number of carbonyl (C=O) groups is 1. The van der Waals surface area contributed by atoms with Crippen molar-refractivity contribution in [2.45, 2.75) is 26.5 Å². The van der Waals surface area contributed by atoms with E-state index in [9.17, 15) is 21.6 Å². The van der Waals surface area contributed by atoms with Crippen molar-refractivity contribution in [3.63, 3.8) is 0 Å². The molecule has 2 heterocycles. The highest BCUT2D eigenvalue weighted by Crippen LogP contribution is 2.45. The molecular formula is C10H14N2O5S3. The number of hydrogen-bond acceptors (Lipinski definition) is 6. The van der Waals surface area contributed by atoms with Crippen LogP contribution in [0.15, 0.2) is 14.5 Å². The lowest BCUT2D eigenvalue weighted by atomic mass is 10.0. The van der Waals surface area contributed by atoms with Crippen molar-refractivity contribution in [1.82, 2.24) is 4.90 Å². The van der Waals surface area contributed by atoms with Gasteiger partial charge in [0.1, 0.15) is 8.42 Å². The van der Waals surface area contributed by atoms with Gasteiger partial charge in [0.15, 0.2) is 4.75 Å². The Labute approximate surface area is 121 Å². The zero-order valence-corrected chi connectivity index (χ0v) is 13.5. The third kappa shape index (κ3) is 1.98. The summed E-state index contributed by atoms with van der Waals surface area (Å²) >= 11 is 0.596. The van der Waals surface area contributed by atoms with E-state index in [2.05, 4.69) is 0 Å². The summed E-state index contributed by atoms with van der Waals surface area (Å²) in [6.07, 6.45) is -0.0479. The van der Waals surface area contributed by atoms with Gasteiger partial charge >= 0.3 is 0 Å². The van der Waals surface area contributed by atoms with Crippen LogP contribution in [0.4, 0.5) is 0 Å². The van der Waals surface area contributed by atoms with Crippen molar-refractivity contribution in [3.05, 3.63) is 11.6 Å². The zero-order valence-electron chi connectivity index (χ0n) is 11.1. The molecule has 7 nitrogen and oxygen atoms in total. The average molecular weight is 338 g/mol. The summed E-state index contributed by atoms with van der Waals surface area (Å²) < 4.78 is 45.7. The summed E-state index contributed by atoms with van der Waals surface area (Å²) in [7, 11) is -4.91. The first kappa shape index (κ1) is 15.4. The van der Waals surface area contributed by atoms with Gasteiger partial charge in [-0.1, -0.05) is 0 Å². The van der Waals surface area contributed by atoms with E-state index in [1.807, 2.05) is 0 Å². The minimum atomic E-state index is -3.95. The standard InChI is InChI=1S/C10H14N2O5S3/c1-10(9(13)12(2)3)5-6-4-7(20(11,16)17)18-8(6)19(10,14)15/h4H,5H2,1-3H3,(H2,11,16,17). The Morgan fingerprint density at radius 2 is 2.00 bits per heavy atom. The van der Waals surface area contributed by atoms with E-state index in [0.717, 1.165) is 0 Å². The zero-order chi connectivity index (χ0) is 15.5. The molecular weight excluding hydrogens is 324 g/mol. The van der Waals surface area contributed by atoms with Crippen molar-refractivity contribution in [3.8, 4) is 0 Å². The van der Waals surface area contributed by atoms with E-state index in [1.54, 1.807) is 0 Å². The van der Waals surface area contributed by atoms with Crippen LogP contribution < -0.4 is 5.14 Å². The van der Waals surface area contributed by atoms with E-state index >= 15 is 0 Å². The van der Waals surface area contributed by atoms with Crippen LogP contribution in [0, 0.1) is 0 Å². The Hall–Kier alpha value is -0.970. The van der Waals surface area contributed by atoms with Gasteiger partial charge < -0.3 is 4.90 Å². The number of thiophene rings is 1. The first-order valence-electron chi connectivity index (χ1n) is 5.53. The van der Waals surface area contributed by atoms with E-state index in [0.29, 0.717) is 16.9 Å². The van der Waals surface area contributed by atoms with Gasteiger partial charge in [-0.3, -0.25) is 4.79 Å². The maximum Gasteiger partial charge on any atom is 0.247 e. The summed E-state index contributed by atoms with van der Waals surface area (Å²) in [5, 5.41) is 4.99. The number of fused-ring (bicyclic) bond motifs is 1. The first-order chi connectivity index (χ1) is 8.91. The molecule has 1 aromatic rings. The largest absolute Gasteiger partial charge is 0.347 e. The molecule has 2 N–H and O–H groups in total. The van der Waals surface area contributed by atoms with Crippen LogP contribution >= 0.6 is 11.3 Å². The molecule has 1 unspecified atom stereocenters. The summed E-state index contributed by atoms with van der Waals surface area (Å²) in [4.78, 5) is 13.4. The first-order valence-corrected chi connectivity index (χ1v) is 9.38. The summed E-state index contributed by atoms with van der Waals surface area (Å²) in [6.45, 7) is 1.36. The topological polar surface area (TPSA) is 115 Å². The van der Waals surface area contributed by atoms with Gasteiger partial charge in [0, 0.05) is 20.5 Å². The van der Waals surface area contributed by atoms with E-state index in [1.165, 1.54) is 32.0 Å². The lowest BCUT2D eigenvalue weighted by Crippen LogP contribution is -2.48. The highest BCUT2D eigenvalue weighted by Gasteiger charge is 2.55. The summed E-state index contributed by atoms with van der Waals surface area (Å²) in [6, 6.07) is 1.24. The lowest BCUT2D eigenvalue weighted by Gasteiger charge is -2.25. The Morgan fingerprint density at radius 1 is 1.45 bits per heavy atom. The highest BCUT2D eigenvalue weighted by molar-refractivity contribution is 7.97. The molecule has 20 heavy (non-hydrogen) atoms. The lowest BCUT2D eigenvalue weighted by molar-refractivity contribution is -0.130. The Bertz CT molecular complexity index is 791. The van der Waals surface area contributed by atoms with Crippen LogP contribution in [-0.2, 0) is 31.1 Å². The predicted molar refractivity (Wildman–Crippen MR) is 73.7 cm³/mol. The molecule has 112 valence electrons. The van der Waals surface area contributed by atoms with Gasteiger partial charge in [0.05, 0.1) is 0 Å². The van der Waals surface area contributed by atoms with Crippen LogP contribution in [-0.4, -0.2) is 46.5 Å². The van der Waals surface area contributed by atoms with Gasteiger partial charge in [-0.2, -0.15) is 0 Å². The second-order valence-corrected chi connectivity index (χ2v) is 10.4. The Morgan fingerprint density at radius 3 is 2.40 bits per heavy atom. The van der Waals surface area contributed by atoms with Crippen molar-refractivity contribution in [2.24, 2.45) is 5.14 Å². The molecule has 0 spiro atoms. The minimum Gasteiger partial charge on any atom is -0.347 e. The molecule has 1 atom stereocenters. The molecule has 0 fully saturated rings. The number of amides is 1. The number of carbonyl (C=O) groups excluding carboxylic acids is 1. The molecule has 0 radical (unpaired) electrons. The SMILES string of the molecule is CN(C)C(=O)C1(C)Cc2cc(S(N)(=O)=O)sc2S1(=O)=O. The maximum atomic E-state index is 12.5.